The van der Waals surface area contributed by atoms with E-state index in [0.29, 0.717) is 25.1 Å². The Morgan fingerprint density at radius 2 is 2.24 bits per heavy atom. The number of hydrogen-bond acceptors (Lipinski definition) is 5. The molecular weight excluding hydrogens is 322 g/mol. The minimum absolute atomic E-state index is 0.0173. The molecule has 2 aliphatic rings. The maximum atomic E-state index is 12.4. The molecule has 136 valence electrons. The van der Waals surface area contributed by atoms with Crippen LogP contribution in [0.1, 0.15) is 25.7 Å². The predicted molar refractivity (Wildman–Crippen MR) is 94.6 cm³/mol. The van der Waals surface area contributed by atoms with E-state index in [1.54, 1.807) is 18.3 Å². The predicted octanol–water partition coefficient (Wildman–Crippen LogP) is 1.10. The number of urea groups is 1. The summed E-state index contributed by atoms with van der Waals surface area (Å²) in [5, 5.41) is 8.80. The van der Waals surface area contributed by atoms with Crippen LogP contribution >= 0.6 is 0 Å². The van der Waals surface area contributed by atoms with Crippen LogP contribution in [0.4, 0.5) is 16.3 Å². The third kappa shape index (κ3) is 4.39. The molecule has 0 aromatic carbocycles. The normalized spacial score (nSPS) is 26.0. The molecule has 3 rings (SSSR count). The lowest BCUT2D eigenvalue weighted by molar-refractivity contribution is -0.125. The van der Waals surface area contributed by atoms with Gasteiger partial charge in [-0.15, -0.1) is 0 Å². The zero-order valence-electron chi connectivity index (χ0n) is 14.6. The van der Waals surface area contributed by atoms with Crippen molar-refractivity contribution in [3.8, 4) is 0 Å². The van der Waals surface area contributed by atoms with Gasteiger partial charge in [0.2, 0.25) is 5.91 Å². The Morgan fingerprint density at radius 3 is 2.96 bits per heavy atom. The van der Waals surface area contributed by atoms with Crippen molar-refractivity contribution in [2.45, 2.75) is 43.9 Å². The van der Waals surface area contributed by atoms with E-state index in [-0.39, 0.29) is 30.1 Å². The molecule has 8 heteroatoms. The molecule has 3 amide bonds. The number of amides is 3. The van der Waals surface area contributed by atoms with Gasteiger partial charge in [-0.1, -0.05) is 0 Å². The molecule has 2 saturated heterocycles. The van der Waals surface area contributed by atoms with Crippen molar-refractivity contribution >= 4 is 23.4 Å². The van der Waals surface area contributed by atoms with Crippen LogP contribution in [0.15, 0.2) is 18.3 Å². The Balaban J connectivity index is 1.62. The number of aromatic nitrogens is 1. The third-order valence-corrected chi connectivity index (χ3v) is 4.59. The number of ether oxygens (including phenoxy) is 1. The van der Waals surface area contributed by atoms with Crippen LogP contribution in [0, 0.1) is 0 Å². The van der Waals surface area contributed by atoms with Gasteiger partial charge in [-0.3, -0.25) is 4.79 Å². The van der Waals surface area contributed by atoms with Crippen LogP contribution in [0.5, 0.6) is 0 Å². The summed E-state index contributed by atoms with van der Waals surface area (Å²) < 4.78 is 5.71. The first kappa shape index (κ1) is 17.5. The Hall–Kier alpha value is -2.35. The molecule has 1 aromatic heterocycles. The lowest BCUT2D eigenvalue weighted by Crippen LogP contribution is -2.60. The molecule has 0 aliphatic carbocycles. The van der Waals surface area contributed by atoms with Crippen molar-refractivity contribution < 1.29 is 14.3 Å². The number of pyridine rings is 1. The second-order valence-electron chi connectivity index (χ2n) is 6.69. The summed E-state index contributed by atoms with van der Waals surface area (Å²) in [7, 11) is 3.78. The van der Waals surface area contributed by atoms with E-state index in [4.69, 9.17) is 4.74 Å². The molecule has 0 spiro atoms. The van der Waals surface area contributed by atoms with Gasteiger partial charge in [-0.25, -0.2) is 9.78 Å². The summed E-state index contributed by atoms with van der Waals surface area (Å²) in [4.78, 5) is 30.2. The number of carbonyl (C=O) groups excluding carboxylic acids is 2. The van der Waals surface area contributed by atoms with Crippen molar-refractivity contribution in [2.75, 3.05) is 30.9 Å². The maximum absolute atomic E-state index is 12.4. The average Bonchev–Trinajstić information content (AvgIpc) is 3.11. The van der Waals surface area contributed by atoms with Gasteiger partial charge in [-0.2, -0.15) is 0 Å². The first-order valence-electron chi connectivity index (χ1n) is 8.65. The lowest BCUT2D eigenvalue weighted by atomic mass is 9.92. The van der Waals surface area contributed by atoms with Gasteiger partial charge in [-0.05, 0) is 25.3 Å². The summed E-state index contributed by atoms with van der Waals surface area (Å²) in [6.07, 6.45) is 4.54. The minimum Gasteiger partial charge on any atom is -0.376 e. The number of rotatable bonds is 4. The zero-order chi connectivity index (χ0) is 17.8. The molecule has 8 nitrogen and oxygen atoms in total. The Kier molecular flexibility index (Phi) is 5.37. The van der Waals surface area contributed by atoms with Gasteiger partial charge in [0, 0.05) is 45.1 Å². The molecule has 2 fully saturated rings. The topological polar surface area (TPSA) is 95.6 Å². The fourth-order valence-electron chi connectivity index (χ4n) is 3.30. The second-order valence-corrected chi connectivity index (χ2v) is 6.69. The van der Waals surface area contributed by atoms with Crippen molar-refractivity contribution in [3.05, 3.63) is 18.3 Å². The number of nitrogens with one attached hydrogen (secondary N) is 3. The summed E-state index contributed by atoms with van der Waals surface area (Å²) >= 11 is 0. The summed E-state index contributed by atoms with van der Waals surface area (Å²) in [5.74, 6) is 0.781. The lowest BCUT2D eigenvalue weighted by Gasteiger charge is -2.36. The van der Waals surface area contributed by atoms with Crippen LogP contribution in [0.25, 0.3) is 0 Å². The van der Waals surface area contributed by atoms with Gasteiger partial charge < -0.3 is 25.6 Å². The molecule has 1 unspecified atom stereocenters. The Bertz CT molecular complexity index is 630. The van der Waals surface area contributed by atoms with Crippen LogP contribution in [0.2, 0.25) is 0 Å². The highest BCUT2D eigenvalue weighted by Crippen LogP contribution is 2.22. The quantitative estimate of drug-likeness (QED) is 0.758. The van der Waals surface area contributed by atoms with Crippen molar-refractivity contribution in [3.63, 3.8) is 0 Å². The van der Waals surface area contributed by atoms with E-state index in [2.05, 4.69) is 20.9 Å². The van der Waals surface area contributed by atoms with E-state index < -0.39 is 0 Å². The van der Waals surface area contributed by atoms with Gasteiger partial charge in [0.05, 0.1) is 18.2 Å². The number of nitrogens with zero attached hydrogens (tertiary/aromatic N) is 2. The molecule has 0 saturated carbocycles. The number of anilines is 2. The number of carbonyl (C=O) groups is 2. The molecule has 2 aliphatic heterocycles. The minimum atomic E-state index is -0.292. The van der Waals surface area contributed by atoms with E-state index in [1.165, 1.54) is 0 Å². The first-order chi connectivity index (χ1) is 12.0. The van der Waals surface area contributed by atoms with Gasteiger partial charge in [0.25, 0.3) is 0 Å². The molecule has 0 radical (unpaired) electrons. The largest absolute Gasteiger partial charge is 0.376 e. The number of hydrogen-bond donors (Lipinski definition) is 3. The Labute approximate surface area is 147 Å². The SMILES string of the molecule is CN(C)c1cc(NC(=O)N[C@@H]2CCC(=O)N[C@H]2C2CCCO2)ccn1. The van der Waals surface area contributed by atoms with E-state index in [1.807, 2.05) is 19.0 Å². The van der Waals surface area contributed by atoms with E-state index >= 15 is 0 Å². The smallest absolute Gasteiger partial charge is 0.319 e. The van der Waals surface area contributed by atoms with Crippen LogP contribution in [0.3, 0.4) is 0 Å². The second kappa shape index (κ2) is 7.69. The molecule has 3 heterocycles. The molecule has 0 bridgehead atoms. The van der Waals surface area contributed by atoms with Crippen molar-refractivity contribution in [1.29, 1.82) is 0 Å². The third-order valence-electron chi connectivity index (χ3n) is 4.59. The standard InChI is InChI=1S/C17H25N5O3/c1-22(2)14-10-11(7-8-18-14)19-17(24)20-12-5-6-15(23)21-16(12)13-4-3-9-25-13/h7-8,10,12-13,16H,3-6,9H2,1-2H3,(H,21,23)(H2,18,19,20,24)/t12-,13?,16-/m1/s1. The summed E-state index contributed by atoms with van der Waals surface area (Å²) in [5.41, 5.74) is 0.671. The van der Waals surface area contributed by atoms with Gasteiger partial charge >= 0.3 is 6.03 Å². The van der Waals surface area contributed by atoms with Crippen LogP contribution in [-0.2, 0) is 9.53 Å². The first-order valence-corrected chi connectivity index (χ1v) is 8.65. The number of piperidine rings is 1. The summed E-state index contributed by atoms with van der Waals surface area (Å²) in [6, 6.07) is 2.94. The zero-order valence-corrected chi connectivity index (χ0v) is 14.6. The highest BCUT2D eigenvalue weighted by molar-refractivity contribution is 5.90. The molecule has 3 N–H and O–H groups in total. The molecule has 1 aromatic rings. The summed E-state index contributed by atoms with van der Waals surface area (Å²) in [6.45, 7) is 0.709. The average molecular weight is 347 g/mol. The van der Waals surface area contributed by atoms with Crippen LogP contribution in [-0.4, -0.2) is 55.8 Å². The van der Waals surface area contributed by atoms with Gasteiger partial charge in [0.1, 0.15) is 5.82 Å². The van der Waals surface area contributed by atoms with E-state index in [0.717, 1.165) is 18.7 Å². The monoisotopic (exact) mass is 347 g/mol. The fraction of sp³-hybridized carbons (Fsp3) is 0.588. The van der Waals surface area contributed by atoms with Crippen LogP contribution < -0.4 is 20.9 Å². The highest BCUT2D eigenvalue weighted by Gasteiger charge is 2.37. The maximum Gasteiger partial charge on any atom is 0.319 e. The molecular formula is C17H25N5O3. The van der Waals surface area contributed by atoms with Crippen molar-refractivity contribution in [1.82, 2.24) is 15.6 Å². The van der Waals surface area contributed by atoms with E-state index in [9.17, 15) is 9.59 Å². The fourth-order valence-corrected chi connectivity index (χ4v) is 3.30. The highest BCUT2D eigenvalue weighted by atomic mass is 16.5. The molecule has 25 heavy (non-hydrogen) atoms. The Morgan fingerprint density at radius 1 is 1.40 bits per heavy atom. The molecule has 3 atom stereocenters. The van der Waals surface area contributed by atoms with Gasteiger partial charge in [0.15, 0.2) is 0 Å². The van der Waals surface area contributed by atoms with Crippen molar-refractivity contribution in [2.24, 2.45) is 0 Å².